The molecule has 1 atom stereocenters. The lowest BCUT2D eigenvalue weighted by Gasteiger charge is -2.08. The number of thiazole rings is 1. The first kappa shape index (κ1) is 10.3. The van der Waals surface area contributed by atoms with Crippen LogP contribution in [0.5, 0.6) is 0 Å². The topological polar surface area (TPSA) is 38.9 Å². The van der Waals surface area contributed by atoms with Gasteiger partial charge in [-0.2, -0.15) is 0 Å². The maximum Gasteiger partial charge on any atom is 0.0795 e. The molecule has 0 bridgehead atoms. The molecule has 1 aromatic carbocycles. The molecule has 0 saturated heterocycles. The molecule has 15 heavy (non-hydrogen) atoms. The maximum absolute atomic E-state index is 6.05. The van der Waals surface area contributed by atoms with E-state index >= 15 is 0 Å². The van der Waals surface area contributed by atoms with E-state index in [1.165, 1.54) is 11.1 Å². The Kier molecular flexibility index (Phi) is 3.14. The van der Waals surface area contributed by atoms with E-state index in [1.54, 1.807) is 11.3 Å². The third-order valence-corrected chi connectivity index (χ3v) is 3.01. The fourth-order valence-electron chi connectivity index (χ4n) is 1.49. The largest absolute Gasteiger partial charge is 0.322 e. The molecule has 0 amide bonds. The van der Waals surface area contributed by atoms with Crippen LogP contribution in [-0.4, -0.2) is 4.98 Å². The third kappa shape index (κ3) is 2.64. The lowest BCUT2D eigenvalue weighted by molar-refractivity contribution is 0.702. The van der Waals surface area contributed by atoms with E-state index in [9.17, 15) is 0 Å². The molecule has 0 radical (unpaired) electrons. The van der Waals surface area contributed by atoms with Crippen LogP contribution in [0, 0.1) is 6.92 Å². The van der Waals surface area contributed by atoms with Crippen LogP contribution < -0.4 is 5.73 Å². The van der Waals surface area contributed by atoms with Gasteiger partial charge in [0, 0.05) is 5.38 Å². The molecule has 78 valence electrons. The molecule has 1 unspecified atom stereocenters. The number of rotatable bonds is 3. The number of benzene rings is 1. The zero-order valence-electron chi connectivity index (χ0n) is 8.68. The summed E-state index contributed by atoms with van der Waals surface area (Å²) in [5.74, 6) is 0. The van der Waals surface area contributed by atoms with Gasteiger partial charge in [0.15, 0.2) is 0 Å². The highest BCUT2D eigenvalue weighted by molar-refractivity contribution is 7.07. The standard InChI is InChI=1S/C12H14N2S/c1-9-2-4-10(5-3-9)6-11(13)12-7-15-8-14-12/h2-5,7-8,11H,6,13H2,1H3. The Morgan fingerprint density at radius 1 is 1.33 bits per heavy atom. The van der Waals surface area contributed by atoms with Gasteiger partial charge in [-0.1, -0.05) is 29.8 Å². The van der Waals surface area contributed by atoms with Crippen LogP contribution in [0.3, 0.4) is 0 Å². The number of nitrogens with two attached hydrogens (primary N) is 1. The van der Waals surface area contributed by atoms with Crippen molar-refractivity contribution in [3.63, 3.8) is 0 Å². The van der Waals surface area contributed by atoms with Crippen LogP contribution in [0.1, 0.15) is 22.9 Å². The lowest BCUT2D eigenvalue weighted by atomic mass is 10.0. The van der Waals surface area contributed by atoms with E-state index in [0.29, 0.717) is 0 Å². The summed E-state index contributed by atoms with van der Waals surface area (Å²) in [4.78, 5) is 4.22. The predicted octanol–water partition coefficient (Wildman–Crippen LogP) is 2.69. The highest BCUT2D eigenvalue weighted by Crippen LogP contribution is 2.16. The van der Waals surface area contributed by atoms with Crippen LogP contribution in [0.4, 0.5) is 0 Å². The first-order valence-electron chi connectivity index (χ1n) is 4.95. The van der Waals surface area contributed by atoms with Gasteiger partial charge in [0.2, 0.25) is 0 Å². The molecule has 3 heteroatoms. The van der Waals surface area contributed by atoms with E-state index in [2.05, 4.69) is 36.2 Å². The van der Waals surface area contributed by atoms with Crippen molar-refractivity contribution in [2.45, 2.75) is 19.4 Å². The Morgan fingerprint density at radius 3 is 2.67 bits per heavy atom. The number of nitrogens with zero attached hydrogens (tertiary/aromatic N) is 1. The number of aromatic nitrogens is 1. The minimum atomic E-state index is 0.0129. The van der Waals surface area contributed by atoms with Gasteiger partial charge in [-0.25, -0.2) is 4.98 Å². The molecule has 1 aromatic heterocycles. The second-order valence-corrected chi connectivity index (χ2v) is 4.43. The normalized spacial score (nSPS) is 12.7. The molecule has 0 fully saturated rings. The molecule has 2 rings (SSSR count). The molecule has 0 saturated carbocycles. The second-order valence-electron chi connectivity index (χ2n) is 3.71. The average molecular weight is 218 g/mol. The second kappa shape index (κ2) is 4.55. The van der Waals surface area contributed by atoms with E-state index in [-0.39, 0.29) is 6.04 Å². The highest BCUT2D eigenvalue weighted by Gasteiger charge is 2.08. The van der Waals surface area contributed by atoms with Gasteiger partial charge in [-0.15, -0.1) is 11.3 Å². The summed E-state index contributed by atoms with van der Waals surface area (Å²) in [6.45, 7) is 2.09. The van der Waals surface area contributed by atoms with E-state index in [1.807, 2.05) is 10.9 Å². The summed E-state index contributed by atoms with van der Waals surface area (Å²) < 4.78 is 0. The van der Waals surface area contributed by atoms with Crippen LogP contribution in [0.15, 0.2) is 35.2 Å². The molecule has 0 aliphatic rings. The molecule has 2 aromatic rings. The fourth-order valence-corrected chi connectivity index (χ4v) is 2.11. The summed E-state index contributed by atoms with van der Waals surface area (Å²) >= 11 is 1.59. The monoisotopic (exact) mass is 218 g/mol. The van der Waals surface area contributed by atoms with E-state index in [0.717, 1.165) is 12.1 Å². The Bertz CT molecular complexity index is 406. The minimum absolute atomic E-state index is 0.0129. The number of aryl methyl sites for hydroxylation is 1. The van der Waals surface area contributed by atoms with Crippen molar-refractivity contribution in [1.29, 1.82) is 0 Å². The van der Waals surface area contributed by atoms with Crippen LogP contribution in [0.25, 0.3) is 0 Å². The fraction of sp³-hybridized carbons (Fsp3) is 0.250. The molecular weight excluding hydrogens is 204 g/mol. The Balaban J connectivity index is 2.06. The van der Waals surface area contributed by atoms with Crippen molar-refractivity contribution in [3.05, 3.63) is 52.0 Å². The van der Waals surface area contributed by atoms with Crippen molar-refractivity contribution < 1.29 is 0 Å². The molecule has 2 nitrogen and oxygen atoms in total. The van der Waals surface area contributed by atoms with Gasteiger partial charge in [-0.3, -0.25) is 0 Å². The van der Waals surface area contributed by atoms with Crippen molar-refractivity contribution >= 4 is 11.3 Å². The van der Waals surface area contributed by atoms with Gasteiger partial charge in [-0.05, 0) is 18.9 Å². The Labute approximate surface area is 93.8 Å². The zero-order chi connectivity index (χ0) is 10.7. The Morgan fingerprint density at radius 2 is 2.07 bits per heavy atom. The summed E-state index contributed by atoms with van der Waals surface area (Å²) in [6, 6.07) is 8.49. The summed E-state index contributed by atoms with van der Waals surface area (Å²) in [5.41, 5.74) is 11.4. The van der Waals surface area contributed by atoms with Crippen molar-refractivity contribution in [1.82, 2.24) is 4.98 Å². The van der Waals surface area contributed by atoms with Gasteiger partial charge < -0.3 is 5.73 Å². The van der Waals surface area contributed by atoms with Gasteiger partial charge in [0.1, 0.15) is 0 Å². The van der Waals surface area contributed by atoms with Gasteiger partial charge >= 0.3 is 0 Å². The number of hydrogen-bond donors (Lipinski definition) is 1. The number of hydrogen-bond acceptors (Lipinski definition) is 3. The molecule has 0 aliphatic carbocycles. The third-order valence-electron chi connectivity index (χ3n) is 2.41. The molecule has 0 spiro atoms. The van der Waals surface area contributed by atoms with Crippen LogP contribution in [-0.2, 0) is 6.42 Å². The van der Waals surface area contributed by atoms with Crippen molar-refractivity contribution in [2.24, 2.45) is 5.73 Å². The van der Waals surface area contributed by atoms with Gasteiger partial charge in [0.25, 0.3) is 0 Å². The summed E-state index contributed by atoms with van der Waals surface area (Å²) in [5, 5.41) is 2.01. The molecular formula is C12H14N2S. The first-order chi connectivity index (χ1) is 7.25. The van der Waals surface area contributed by atoms with Gasteiger partial charge in [0.05, 0.1) is 17.2 Å². The average Bonchev–Trinajstić information content (AvgIpc) is 2.74. The lowest BCUT2D eigenvalue weighted by Crippen LogP contribution is -2.13. The van der Waals surface area contributed by atoms with Crippen LogP contribution >= 0.6 is 11.3 Å². The minimum Gasteiger partial charge on any atom is -0.322 e. The zero-order valence-corrected chi connectivity index (χ0v) is 9.50. The summed E-state index contributed by atoms with van der Waals surface area (Å²) in [6.07, 6.45) is 0.851. The molecule has 1 heterocycles. The maximum atomic E-state index is 6.05. The van der Waals surface area contributed by atoms with Crippen molar-refractivity contribution in [3.8, 4) is 0 Å². The van der Waals surface area contributed by atoms with E-state index < -0.39 is 0 Å². The molecule has 0 aliphatic heterocycles. The summed E-state index contributed by atoms with van der Waals surface area (Å²) in [7, 11) is 0. The molecule has 2 N–H and O–H groups in total. The highest BCUT2D eigenvalue weighted by atomic mass is 32.1. The van der Waals surface area contributed by atoms with Crippen molar-refractivity contribution in [2.75, 3.05) is 0 Å². The predicted molar refractivity (Wildman–Crippen MR) is 63.9 cm³/mol. The smallest absolute Gasteiger partial charge is 0.0795 e. The quantitative estimate of drug-likeness (QED) is 0.860. The Hall–Kier alpha value is -1.19. The van der Waals surface area contributed by atoms with Crippen LogP contribution in [0.2, 0.25) is 0 Å². The first-order valence-corrected chi connectivity index (χ1v) is 5.89. The SMILES string of the molecule is Cc1ccc(CC(N)c2cscn2)cc1. The van der Waals surface area contributed by atoms with E-state index in [4.69, 9.17) is 5.73 Å².